The summed E-state index contributed by atoms with van der Waals surface area (Å²) in [6.07, 6.45) is 3.62. The van der Waals surface area contributed by atoms with Gasteiger partial charge >= 0.3 is 6.09 Å². The van der Waals surface area contributed by atoms with Crippen LogP contribution in [0.4, 0.5) is 4.79 Å². The van der Waals surface area contributed by atoms with E-state index in [0.717, 1.165) is 37.9 Å². The lowest BCUT2D eigenvalue weighted by Gasteiger charge is -2.39. The SMILES string of the molecule is CC(NC(=O)OC(C)(C)C)C1CCCCN1CCc1nc(-c2cccc(Cl)c2)no1. The molecule has 2 atom stereocenters. The van der Waals surface area contributed by atoms with Gasteiger partial charge in [0.05, 0.1) is 0 Å². The van der Waals surface area contributed by atoms with Crippen molar-refractivity contribution in [2.75, 3.05) is 13.1 Å². The van der Waals surface area contributed by atoms with Crippen molar-refractivity contribution in [3.63, 3.8) is 0 Å². The Hall–Kier alpha value is -2.12. The van der Waals surface area contributed by atoms with Gasteiger partial charge in [-0.15, -0.1) is 0 Å². The van der Waals surface area contributed by atoms with E-state index in [-0.39, 0.29) is 18.2 Å². The number of piperidine rings is 1. The lowest BCUT2D eigenvalue weighted by molar-refractivity contribution is 0.0442. The smallest absolute Gasteiger partial charge is 0.407 e. The second-order valence-electron chi connectivity index (χ2n) is 8.81. The van der Waals surface area contributed by atoms with Crippen LogP contribution in [-0.2, 0) is 11.2 Å². The van der Waals surface area contributed by atoms with E-state index >= 15 is 0 Å². The van der Waals surface area contributed by atoms with E-state index in [9.17, 15) is 4.79 Å². The fourth-order valence-electron chi connectivity index (χ4n) is 3.79. The number of benzene rings is 1. The first-order chi connectivity index (χ1) is 14.2. The quantitative estimate of drug-likeness (QED) is 0.709. The van der Waals surface area contributed by atoms with Crippen molar-refractivity contribution in [3.8, 4) is 11.4 Å². The summed E-state index contributed by atoms with van der Waals surface area (Å²) in [6.45, 7) is 9.42. The normalized spacial score (nSPS) is 18.8. The number of rotatable bonds is 6. The zero-order chi connectivity index (χ0) is 21.7. The van der Waals surface area contributed by atoms with E-state index in [2.05, 4.69) is 20.4 Å². The van der Waals surface area contributed by atoms with Gasteiger partial charge in [-0.2, -0.15) is 4.98 Å². The van der Waals surface area contributed by atoms with Crippen LogP contribution in [0.25, 0.3) is 11.4 Å². The van der Waals surface area contributed by atoms with E-state index in [4.69, 9.17) is 20.9 Å². The molecule has 8 heteroatoms. The van der Waals surface area contributed by atoms with Crippen LogP contribution in [0.1, 0.15) is 52.8 Å². The number of aromatic nitrogens is 2. The van der Waals surface area contributed by atoms with E-state index in [1.165, 1.54) is 0 Å². The molecule has 0 radical (unpaired) electrons. The number of amides is 1. The molecule has 2 unspecified atom stereocenters. The summed E-state index contributed by atoms with van der Waals surface area (Å²) < 4.78 is 10.9. The highest BCUT2D eigenvalue weighted by Gasteiger charge is 2.29. The molecule has 1 aliphatic rings. The van der Waals surface area contributed by atoms with Gasteiger partial charge in [0, 0.05) is 35.6 Å². The highest BCUT2D eigenvalue weighted by Crippen LogP contribution is 2.22. The largest absolute Gasteiger partial charge is 0.444 e. The molecule has 1 aliphatic heterocycles. The van der Waals surface area contributed by atoms with Gasteiger partial charge in [0.2, 0.25) is 11.7 Å². The number of ether oxygens (including phenoxy) is 1. The molecule has 0 bridgehead atoms. The molecule has 1 saturated heterocycles. The summed E-state index contributed by atoms with van der Waals surface area (Å²) in [6, 6.07) is 7.65. The molecule has 3 rings (SSSR count). The summed E-state index contributed by atoms with van der Waals surface area (Å²) >= 11 is 6.05. The lowest BCUT2D eigenvalue weighted by Crippen LogP contribution is -2.53. The molecule has 7 nitrogen and oxygen atoms in total. The summed E-state index contributed by atoms with van der Waals surface area (Å²) in [5, 5.41) is 7.72. The molecule has 1 amide bonds. The summed E-state index contributed by atoms with van der Waals surface area (Å²) in [7, 11) is 0. The third-order valence-corrected chi connectivity index (χ3v) is 5.38. The van der Waals surface area contributed by atoms with Crippen LogP contribution in [0.15, 0.2) is 28.8 Å². The second-order valence-corrected chi connectivity index (χ2v) is 9.24. The van der Waals surface area contributed by atoms with Gasteiger partial charge in [0.15, 0.2) is 0 Å². The van der Waals surface area contributed by atoms with Crippen molar-refractivity contribution in [1.29, 1.82) is 0 Å². The Kier molecular flexibility index (Phi) is 7.36. The minimum atomic E-state index is -0.505. The molecule has 0 aliphatic carbocycles. The van der Waals surface area contributed by atoms with Gasteiger partial charge in [-0.3, -0.25) is 4.90 Å². The van der Waals surface area contributed by atoms with Crippen molar-refractivity contribution < 1.29 is 14.1 Å². The number of carbonyl (C=O) groups is 1. The zero-order valence-electron chi connectivity index (χ0n) is 18.2. The maximum atomic E-state index is 12.2. The highest BCUT2D eigenvalue weighted by molar-refractivity contribution is 6.30. The summed E-state index contributed by atoms with van der Waals surface area (Å²) in [5.74, 6) is 1.14. The maximum absolute atomic E-state index is 12.2. The predicted molar refractivity (Wildman–Crippen MR) is 116 cm³/mol. The summed E-state index contributed by atoms with van der Waals surface area (Å²) in [4.78, 5) is 19.1. The topological polar surface area (TPSA) is 80.5 Å². The van der Waals surface area contributed by atoms with Crippen LogP contribution in [0.2, 0.25) is 5.02 Å². The van der Waals surface area contributed by atoms with Gasteiger partial charge in [0.25, 0.3) is 0 Å². The number of likely N-dealkylation sites (tertiary alicyclic amines) is 1. The van der Waals surface area contributed by atoms with Crippen molar-refractivity contribution in [3.05, 3.63) is 35.2 Å². The Labute approximate surface area is 183 Å². The highest BCUT2D eigenvalue weighted by atomic mass is 35.5. The number of nitrogens with zero attached hydrogens (tertiary/aromatic N) is 3. The third-order valence-electron chi connectivity index (χ3n) is 5.15. The Morgan fingerprint density at radius 2 is 2.20 bits per heavy atom. The van der Waals surface area contributed by atoms with Gasteiger partial charge in [0.1, 0.15) is 5.60 Å². The molecular weight excluding hydrogens is 404 g/mol. The number of hydrogen-bond donors (Lipinski definition) is 1. The Balaban J connectivity index is 1.57. The first kappa shape index (κ1) is 22.6. The number of halogens is 1. The Bertz CT molecular complexity index is 849. The van der Waals surface area contributed by atoms with Crippen molar-refractivity contribution in [2.45, 2.75) is 71.1 Å². The van der Waals surface area contributed by atoms with Crippen LogP contribution in [0, 0.1) is 0 Å². The van der Waals surface area contributed by atoms with E-state index in [0.29, 0.717) is 23.2 Å². The third kappa shape index (κ3) is 6.44. The van der Waals surface area contributed by atoms with E-state index in [1.54, 1.807) is 0 Å². The minimum absolute atomic E-state index is 0.00939. The van der Waals surface area contributed by atoms with Crippen LogP contribution in [0.5, 0.6) is 0 Å². The number of nitrogens with one attached hydrogen (secondary N) is 1. The predicted octanol–water partition coefficient (Wildman–Crippen LogP) is 4.70. The monoisotopic (exact) mass is 434 g/mol. The van der Waals surface area contributed by atoms with Gasteiger partial charge in [-0.05, 0) is 59.2 Å². The molecule has 1 N–H and O–H groups in total. The number of alkyl carbamates (subject to hydrolysis) is 1. The van der Waals surface area contributed by atoms with Crippen LogP contribution >= 0.6 is 11.6 Å². The molecule has 2 aromatic rings. The molecule has 164 valence electrons. The molecule has 1 fully saturated rings. The summed E-state index contributed by atoms with van der Waals surface area (Å²) in [5.41, 5.74) is 0.331. The van der Waals surface area contributed by atoms with Crippen LogP contribution in [-0.4, -0.2) is 51.9 Å². The second kappa shape index (κ2) is 9.79. The van der Waals surface area contributed by atoms with E-state index in [1.807, 2.05) is 52.0 Å². The zero-order valence-corrected chi connectivity index (χ0v) is 18.9. The van der Waals surface area contributed by atoms with Crippen molar-refractivity contribution in [2.24, 2.45) is 0 Å². The number of hydrogen-bond acceptors (Lipinski definition) is 6. The fourth-order valence-corrected chi connectivity index (χ4v) is 3.98. The van der Waals surface area contributed by atoms with Gasteiger partial charge in [-0.25, -0.2) is 4.79 Å². The Morgan fingerprint density at radius 3 is 2.93 bits per heavy atom. The van der Waals surface area contributed by atoms with Crippen molar-refractivity contribution in [1.82, 2.24) is 20.4 Å². The first-order valence-electron chi connectivity index (χ1n) is 10.5. The molecule has 1 aromatic heterocycles. The average molecular weight is 435 g/mol. The molecule has 30 heavy (non-hydrogen) atoms. The Morgan fingerprint density at radius 1 is 1.40 bits per heavy atom. The molecule has 1 aromatic carbocycles. The average Bonchev–Trinajstić information content (AvgIpc) is 3.14. The molecule has 0 spiro atoms. The number of carbonyl (C=O) groups excluding carboxylic acids is 1. The van der Waals surface area contributed by atoms with Crippen LogP contribution in [0.3, 0.4) is 0 Å². The maximum Gasteiger partial charge on any atom is 0.407 e. The molecule has 0 saturated carbocycles. The molecular formula is C22H31ClN4O3. The first-order valence-corrected chi connectivity index (χ1v) is 10.9. The van der Waals surface area contributed by atoms with Gasteiger partial charge in [-0.1, -0.05) is 35.3 Å². The molecule has 2 heterocycles. The lowest BCUT2D eigenvalue weighted by atomic mass is 9.96. The minimum Gasteiger partial charge on any atom is -0.444 e. The van der Waals surface area contributed by atoms with E-state index < -0.39 is 5.60 Å². The standard InChI is InChI=1S/C22H31ClN4O3/c1-15(24-21(28)29-22(2,3)4)18-10-5-6-12-27(18)13-11-19-25-20(26-30-19)16-8-7-9-17(23)14-16/h7-9,14-15,18H,5-6,10-13H2,1-4H3,(H,24,28). The van der Waals surface area contributed by atoms with Crippen molar-refractivity contribution >= 4 is 17.7 Å². The van der Waals surface area contributed by atoms with Gasteiger partial charge < -0.3 is 14.6 Å². The van der Waals surface area contributed by atoms with Crippen LogP contribution < -0.4 is 5.32 Å². The fraction of sp³-hybridized carbons (Fsp3) is 0.591.